The SMILES string of the molecule is CCCC(C)COC(=O)c1cc([N+](=O)[O-])ncc1Br. The monoisotopic (exact) mass is 330 g/mol. The molecule has 0 saturated heterocycles. The van der Waals surface area contributed by atoms with Gasteiger partial charge < -0.3 is 14.9 Å². The van der Waals surface area contributed by atoms with Gasteiger partial charge in [0.05, 0.1) is 22.7 Å². The van der Waals surface area contributed by atoms with Crippen molar-refractivity contribution in [2.24, 2.45) is 5.92 Å². The number of hydrogen-bond donors (Lipinski definition) is 0. The Morgan fingerprint density at radius 1 is 1.63 bits per heavy atom. The number of esters is 1. The number of rotatable bonds is 6. The van der Waals surface area contributed by atoms with E-state index >= 15 is 0 Å². The Balaban J connectivity index is 2.76. The summed E-state index contributed by atoms with van der Waals surface area (Å²) in [7, 11) is 0. The van der Waals surface area contributed by atoms with E-state index in [9.17, 15) is 14.9 Å². The highest BCUT2D eigenvalue weighted by Gasteiger charge is 2.19. The summed E-state index contributed by atoms with van der Waals surface area (Å²) < 4.78 is 5.52. The third-order valence-corrected chi connectivity index (χ3v) is 3.16. The Labute approximate surface area is 119 Å². The lowest BCUT2D eigenvalue weighted by molar-refractivity contribution is -0.389. The first kappa shape index (κ1) is 15.6. The molecule has 1 aromatic heterocycles. The molecule has 0 amide bonds. The summed E-state index contributed by atoms with van der Waals surface area (Å²) in [6.07, 6.45) is 3.21. The maximum atomic E-state index is 11.8. The predicted octanol–water partition coefficient (Wildman–Crippen LogP) is 3.35. The molecule has 1 heterocycles. The minimum absolute atomic E-state index is 0.116. The summed E-state index contributed by atoms with van der Waals surface area (Å²) >= 11 is 3.13. The number of hydrogen-bond acceptors (Lipinski definition) is 5. The molecule has 0 aromatic carbocycles. The van der Waals surface area contributed by atoms with Crippen LogP contribution in [-0.4, -0.2) is 22.5 Å². The second kappa shape index (κ2) is 7.18. The molecule has 0 aliphatic carbocycles. The van der Waals surface area contributed by atoms with Gasteiger partial charge in [-0.1, -0.05) is 20.3 Å². The molecule has 104 valence electrons. The first-order valence-electron chi connectivity index (χ1n) is 5.92. The van der Waals surface area contributed by atoms with Crippen molar-refractivity contribution in [3.05, 3.63) is 32.4 Å². The van der Waals surface area contributed by atoms with Gasteiger partial charge in [0.25, 0.3) is 0 Å². The van der Waals surface area contributed by atoms with Crippen LogP contribution in [0.1, 0.15) is 37.0 Å². The topological polar surface area (TPSA) is 82.3 Å². The van der Waals surface area contributed by atoms with E-state index in [1.54, 1.807) is 0 Å². The van der Waals surface area contributed by atoms with Crippen LogP contribution in [0.15, 0.2) is 16.7 Å². The summed E-state index contributed by atoms with van der Waals surface area (Å²) in [5.41, 5.74) is 0.116. The summed E-state index contributed by atoms with van der Waals surface area (Å²) in [6.45, 7) is 4.34. The molecule has 0 radical (unpaired) electrons. The summed E-state index contributed by atoms with van der Waals surface area (Å²) in [5, 5.41) is 10.6. The maximum absolute atomic E-state index is 11.8. The molecule has 0 saturated carbocycles. The molecule has 0 bridgehead atoms. The number of aromatic nitrogens is 1. The molecule has 1 atom stereocenters. The van der Waals surface area contributed by atoms with Crippen molar-refractivity contribution in [3.8, 4) is 0 Å². The van der Waals surface area contributed by atoms with Gasteiger partial charge in [-0.3, -0.25) is 0 Å². The maximum Gasteiger partial charge on any atom is 0.364 e. The molecule has 0 fully saturated rings. The van der Waals surface area contributed by atoms with Crippen LogP contribution >= 0.6 is 15.9 Å². The van der Waals surface area contributed by atoms with Crippen molar-refractivity contribution in [2.45, 2.75) is 26.7 Å². The lowest BCUT2D eigenvalue weighted by Gasteiger charge is -2.11. The van der Waals surface area contributed by atoms with E-state index in [1.807, 2.05) is 6.92 Å². The van der Waals surface area contributed by atoms with Crippen LogP contribution < -0.4 is 0 Å². The van der Waals surface area contributed by atoms with E-state index in [2.05, 4.69) is 27.8 Å². The van der Waals surface area contributed by atoms with E-state index in [0.717, 1.165) is 18.9 Å². The zero-order valence-electron chi connectivity index (χ0n) is 10.8. The second-order valence-electron chi connectivity index (χ2n) is 4.27. The smallest absolute Gasteiger partial charge is 0.364 e. The number of ether oxygens (including phenoxy) is 1. The minimum Gasteiger partial charge on any atom is -0.462 e. The van der Waals surface area contributed by atoms with Gasteiger partial charge in [-0.2, -0.15) is 0 Å². The van der Waals surface area contributed by atoms with E-state index < -0.39 is 10.9 Å². The zero-order valence-corrected chi connectivity index (χ0v) is 12.3. The van der Waals surface area contributed by atoms with E-state index in [-0.39, 0.29) is 17.3 Å². The van der Waals surface area contributed by atoms with Crippen molar-refractivity contribution >= 4 is 27.7 Å². The van der Waals surface area contributed by atoms with Gasteiger partial charge in [0.15, 0.2) is 6.20 Å². The van der Waals surface area contributed by atoms with Crippen molar-refractivity contribution in [2.75, 3.05) is 6.61 Å². The Morgan fingerprint density at radius 3 is 2.89 bits per heavy atom. The fraction of sp³-hybridized carbons (Fsp3) is 0.500. The average molecular weight is 331 g/mol. The molecule has 19 heavy (non-hydrogen) atoms. The number of nitrogens with zero attached hydrogens (tertiary/aromatic N) is 2. The zero-order chi connectivity index (χ0) is 14.4. The second-order valence-corrected chi connectivity index (χ2v) is 5.13. The van der Waals surface area contributed by atoms with Crippen LogP contribution in [0.4, 0.5) is 5.82 Å². The molecule has 1 rings (SSSR count). The molecule has 0 aliphatic heterocycles. The standard InChI is InChI=1S/C12H15BrN2O4/c1-3-4-8(2)7-19-12(16)9-5-11(15(17)18)14-6-10(9)13/h5-6,8H,3-4,7H2,1-2H3. The number of carbonyl (C=O) groups is 1. The van der Waals surface area contributed by atoms with Gasteiger partial charge in [-0.15, -0.1) is 0 Å². The quantitative estimate of drug-likeness (QED) is 0.453. The highest BCUT2D eigenvalue weighted by atomic mass is 79.9. The predicted molar refractivity (Wildman–Crippen MR) is 72.9 cm³/mol. The molecular weight excluding hydrogens is 316 g/mol. The van der Waals surface area contributed by atoms with Crippen molar-refractivity contribution in [3.63, 3.8) is 0 Å². The van der Waals surface area contributed by atoms with Gasteiger partial charge in [0.1, 0.15) is 0 Å². The molecule has 1 aromatic rings. The van der Waals surface area contributed by atoms with Crippen molar-refractivity contribution < 1.29 is 14.5 Å². The number of halogens is 1. The number of nitro groups is 1. The lowest BCUT2D eigenvalue weighted by Crippen LogP contribution is -2.13. The molecule has 0 spiro atoms. The fourth-order valence-corrected chi connectivity index (χ4v) is 1.93. The Bertz CT molecular complexity index is 479. The van der Waals surface area contributed by atoms with Crippen molar-refractivity contribution in [1.82, 2.24) is 4.98 Å². The average Bonchev–Trinajstić information content (AvgIpc) is 2.36. The fourth-order valence-electron chi connectivity index (χ4n) is 1.56. The van der Waals surface area contributed by atoms with Crippen molar-refractivity contribution in [1.29, 1.82) is 0 Å². The van der Waals surface area contributed by atoms with Crippen LogP contribution in [0, 0.1) is 16.0 Å². The van der Waals surface area contributed by atoms with Crippen LogP contribution in [0.3, 0.4) is 0 Å². The molecule has 0 aliphatic rings. The van der Waals surface area contributed by atoms with E-state index in [4.69, 9.17) is 4.74 Å². The Hall–Kier alpha value is -1.50. The van der Waals surface area contributed by atoms with Crippen LogP contribution in [0.2, 0.25) is 0 Å². The van der Waals surface area contributed by atoms with Gasteiger partial charge in [-0.05, 0) is 38.2 Å². The number of carbonyl (C=O) groups excluding carboxylic acids is 1. The van der Waals surface area contributed by atoms with Gasteiger partial charge in [0, 0.05) is 0 Å². The van der Waals surface area contributed by atoms with Gasteiger partial charge in [0.2, 0.25) is 0 Å². The first-order valence-corrected chi connectivity index (χ1v) is 6.72. The minimum atomic E-state index is -0.650. The molecule has 0 N–H and O–H groups in total. The van der Waals surface area contributed by atoms with Crippen LogP contribution in [0.25, 0.3) is 0 Å². The molecule has 6 nitrogen and oxygen atoms in total. The van der Waals surface area contributed by atoms with Crippen LogP contribution in [-0.2, 0) is 4.74 Å². The Morgan fingerprint density at radius 2 is 2.32 bits per heavy atom. The van der Waals surface area contributed by atoms with Crippen LogP contribution in [0.5, 0.6) is 0 Å². The largest absolute Gasteiger partial charge is 0.462 e. The molecule has 1 unspecified atom stereocenters. The first-order chi connectivity index (χ1) is 8.95. The van der Waals surface area contributed by atoms with E-state index in [1.165, 1.54) is 6.20 Å². The Kier molecular flexibility index (Phi) is 5.88. The highest BCUT2D eigenvalue weighted by molar-refractivity contribution is 9.10. The highest BCUT2D eigenvalue weighted by Crippen LogP contribution is 2.21. The lowest BCUT2D eigenvalue weighted by atomic mass is 10.1. The summed E-state index contributed by atoms with van der Waals surface area (Å²) in [5.74, 6) is -0.693. The summed E-state index contributed by atoms with van der Waals surface area (Å²) in [4.78, 5) is 25.4. The number of pyridine rings is 1. The third-order valence-electron chi connectivity index (χ3n) is 2.53. The molecule has 7 heteroatoms. The van der Waals surface area contributed by atoms with Gasteiger partial charge in [-0.25, -0.2) is 4.79 Å². The van der Waals surface area contributed by atoms with Gasteiger partial charge >= 0.3 is 11.8 Å². The molecular formula is C12H15BrN2O4. The van der Waals surface area contributed by atoms with E-state index in [0.29, 0.717) is 11.1 Å². The normalized spacial score (nSPS) is 11.9. The third kappa shape index (κ3) is 4.59. The summed E-state index contributed by atoms with van der Waals surface area (Å²) in [6, 6.07) is 1.11.